The molecule has 0 spiro atoms. The van der Waals surface area contributed by atoms with Gasteiger partial charge in [-0.3, -0.25) is 9.59 Å². The number of fused-ring (bicyclic) bond motifs is 1. The number of benzene rings is 1. The molecule has 0 radical (unpaired) electrons. The molecule has 76 valence electrons. The summed E-state index contributed by atoms with van der Waals surface area (Å²) in [6, 6.07) is 4.86. The molecular weight excluding hydrogens is 210 g/mol. The molecule has 1 aromatic carbocycles. The van der Waals surface area contributed by atoms with E-state index >= 15 is 0 Å². The van der Waals surface area contributed by atoms with Gasteiger partial charge in [0.15, 0.2) is 11.6 Å². The van der Waals surface area contributed by atoms with Crippen molar-refractivity contribution in [3.63, 3.8) is 0 Å². The van der Waals surface area contributed by atoms with E-state index in [1.165, 1.54) is 0 Å². The summed E-state index contributed by atoms with van der Waals surface area (Å²) in [5.41, 5.74) is 7.02. The van der Waals surface area contributed by atoms with Gasteiger partial charge in [-0.05, 0) is 13.0 Å². The normalized spacial score (nSPS) is 15.6. The Hall–Kier alpha value is -1.55. The molecule has 0 amide bonds. The van der Waals surface area contributed by atoms with E-state index in [1.807, 2.05) is 0 Å². The summed E-state index contributed by atoms with van der Waals surface area (Å²) in [5, 5.41) is 0. The van der Waals surface area contributed by atoms with Crippen molar-refractivity contribution in [3.05, 3.63) is 39.8 Å². The first-order chi connectivity index (χ1) is 7.04. The number of thiol groups is 1. The number of carbonyl (C=O) groups is 2. The molecule has 1 aliphatic rings. The Morgan fingerprint density at radius 1 is 1.20 bits per heavy atom. The lowest BCUT2D eigenvalue weighted by Gasteiger charge is -2.17. The zero-order valence-electron chi connectivity index (χ0n) is 8.07. The molecule has 1 aromatic rings. The topological polar surface area (TPSA) is 60.2 Å². The van der Waals surface area contributed by atoms with Crippen LogP contribution in [-0.2, 0) is 0 Å². The first kappa shape index (κ1) is 9.98. The number of allylic oxidation sites excluding steroid dienone is 2. The third-order valence-electron chi connectivity index (χ3n) is 2.48. The van der Waals surface area contributed by atoms with E-state index in [4.69, 9.17) is 5.73 Å². The average Bonchev–Trinajstić information content (AvgIpc) is 2.23. The number of Topliss-reactive ketones (excluding diaryl/α,β-unsaturated/α-hetero) is 2. The monoisotopic (exact) mass is 219 g/mol. The minimum atomic E-state index is -0.238. The van der Waals surface area contributed by atoms with E-state index in [1.54, 1.807) is 25.1 Å². The lowest BCUT2D eigenvalue weighted by atomic mass is 9.89. The summed E-state index contributed by atoms with van der Waals surface area (Å²) in [4.78, 5) is 23.8. The molecule has 0 heterocycles. The molecule has 0 bridgehead atoms. The van der Waals surface area contributed by atoms with E-state index in [2.05, 4.69) is 12.6 Å². The second kappa shape index (κ2) is 3.24. The number of nitrogens with two attached hydrogens (primary N) is 1. The van der Waals surface area contributed by atoms with Gasteiger partial charge in [0, 0.05) is 16.8 Å². The molecule has 4 heteroatoms. The zero-order chi connectivity index (χ0) is 11.2. The van der Waals surface area contributed by atoms with Gasteiger partial charge in [-0.2, -0.15) is 0 Å². The van der Waals surface area contributed by atoms with E-state index < -0.39 is 0 Å². The molecule has 15 heavy (non-hydrogen) atoms. The third kappa shape index (κ3) is 1.29. The molecule has 1 aliphatic carbocycles. The van der Waals surface area contributed by atoms with Crippen molar-refractivity contribution in [1.29, 1.82) is 0 Å². The second-order valence-electron chi connectivity index (χ2n) is 3.40. The van der Waals surface area contributed by atoms with E-state index in [9.17, 15) is 9.59 Å². The van der Waals surface area contributed by atoms with Crippen molar-refractivity contribution in [1.82, 2.24) is 0 Å². The molecule has 0 fully saturated rings. The third-order valence-corrected chi connectivity index (χ3v) is 3.02. The Labute approximate surface area is 92.4 Å². The summed E-state index contributed by atoms with van der Waals surface area (Å²) in [6.45, 7) is 1.58. The Balaban J connectivity index is 2.79. The van der Waals surface area contributed by atoms with Crippen molar-refractivity contribution in [2.75, 3.05) is 5.73 Å². The molecule has 0 atom stereocenters. The number of hydrogen-bond donors (Lipinski definition) is 2. The number of nitrogen functional groups attached to an aromatic ring is 1. The van der Waals surface area contributed by atoms with Crippen LogP contribution < -0.4 is 5.73 Å². The summed E-state index contributed by atoms with van der Waals surface area (Å²) >= 11 is 4.04. The fraction of sp³-hybridized carbons (Fsp3) is 0.0909. The molecule has 0 aliphatic heterocycles. The fourth-order valence-electron chi connectivity index (χ4n) is 1.61. The van der Waals surface area contributed by atoms with Gasteiger partial charge in [-0.1, -0.05) is 12.1 Å². The number of ketones is 2. The highest BCUT2D eigenvalue weighted by Crippen LogP contribution is 2.30. The molecule has 3 nitrogen and oxygen atoms in total. The molecular formula is C11H9NO2S. The van der Waals surface area contributed by atoms with Gasteiger partial charge in [0.2, 0.25) is 0 Å². The van der Waals surface area contributed by atoms with E-state index in [0.29, 0.717) is 22.4 Å². The van der Waals surface area contributed by atoms with Crippen molar-refractivity contribution < 1.29 is 9.59 Å². The Morgan fingerprint density at radius 3 is 2.53 bits per heavy atom. The van der Waals surface area contributed by atoms with E-state index in [0.717, 1.165) is 0 Å². The van der Waals surface area contributed by atoms with Crippen molar-refractivity contribution in [3.8, 4) is 0 Å². The predicted molar refractivity (Wildman–Crippen MR) is 61.2 cm³/mol. The van der Waals surface area contributed by atoms with Crippen LogP contribution in [0.1, 0.15) is 27.6 Å². The highest BCUT2D eigenvalue weighted by Gasteiger charge is 2.29. The molecule has 0 aromatic heterocycles. The van der Waals surface area contributed by atoms with Crippen LogP contribution in [0, 0.1) is 0 Å². The van der Waals surface area contributed by atoms with Crippen LogP contribution in [0.4, 0.5) is 5.69 Å². The van der Waals surface area contributed by atoms with Crippen LogP contribution in [0.5, 0.6) is 0 Å². The Morgan fingerprint density at radius 2 is 1.87 bits per heavy atom. The number of rotatable bonds is 0. The minimum absolute atomic E-state index is 0.207. The fourth-order valence-corrected chi connectivity index (χ4v) is 1.83. The first-order valence-corrected chi connectivity index (χ1v) is 4.86. The van der Waals surface area contributed by atoms with Gasteiger partial charge in [0.05, 0.1) is 10.5 Å². The van der Waals surface area contributed by atoms with Crippen LogP contribution in [0.2, 0.25) is 0 Å². The zero-order valence-corrected chi connectivity index (χ0v) is 8.97. The molecule has 2 N–H and O–H groups in total. The van der Waals surface area contributed by atoms with Gasteiger partial charge >= 0.3 is 0 Å². The highest BCUT2D eigenvalue weighted by atomic mass is 32.1. The predicted octanol–water partition coefficient (Wildman–Crippen LogP) is 1.85. The number of anilines is 1. The standard InChI is InChI=1S/C11H9NO2S/c1-5-9(13)8-6(10(14)11(5)15)3-2-4-7(8)12/h2-4,15H,12H2,1H3. The van der Waals surface area contributed by atoms with Crippen molar-refractivity contribution in [2.45, 2.75) is 6.92 Å². The lowest BCUT2D eigenvalue weighted by Crippen LogP contribution is -2.20. The maximum Gasteiger partial charge on any atom is 0.200 e. The van der Waals surface area contributed by atoms with Crippen LogP contribution in [0.3, 0.4) is 0 Å². The van der Waals surface area contributed by atoms with Crippen molar-refractivity contribution in [2.24, 2.45) is 0 Å². The largest absolute Gasteiger partial charge is 0.398 e. The summed E-state index contributed by atoms with van der Waals surface area (Å²) in [5.74, 6) is -0.453. The van der Waals surface area contributed by atoms with Gasteiger partial charge < -0.3 is 5.73 Å². The first-order valence-electron chi connectivity index (χ1n) is 4.41. The summed E-state index contributed by atoms with van der Waals surface area (Å²) < 4.78 is 0. The van der Waals surface area contributed by atoms with Crippen LogP contribution in [0.25, 0.3) is 0 Å². The summed E-state index contributed by atoms with van der Waals surface area (Å²) in [6.07, 6.45) is 0. The van der Waals surface area contributed by atoms with Crippen LogP contribution >= 0.6 is 12.6 Å². The highest BCUT2D eigenvalue weighted by molar-refractivity contribution is 7.85. The molecule has 0 saturated carbocycles. The molecule has 2 rings (SSSR count). The van der Waals surface area contributed by atoms with Crippen LogP contribution in [-0.4, -0.2) is 11.6 Å². The number of hydrogen-bond acceptors (Lipinski definition) is 4. The number of carbonyl (C=O) groups excluding carboxylic acids is 2. The molecule has 0 saturated heterocycles. The lowest BCUT2D eigenvalue weighted by molar-refractivity contribution is 0.0982. The SMILES string of the molecule is CC1=C(S)C(=O)c2cccc(N)c2C1=O. The van der Waals surface area contributed by atoms with E-state index in [-0.39, 0.29) is 16.5 Å². The smallest absolute Gasteiger partial charge is 0.200 e. The second-order valence-corrected chi connectivity index (χ2v) is 3.85. The maximum atomic E-state index is 11.9. The quantitative estimate of drug-likeness (QED) is 0.517. The van der Waals surface area contributed by atoms with Crippen molar-refractivity contribution >= 4 is 29.9 Å². The van der Waals surface area contributed by atoms with Gasteiger partial charge in [0.1, 0.15) is 0 Å². The van der Waals surface area contributed by atoms with Gasteiger partial charge in [-0.25, -0.2) is 0 Å². The maximum absolute atomic E-state index is 11.9. The minimum Gasteiger partial charge on any atom is -0.398 e. The van der Waals surface area contributed by atoms with Gasteiger partial charge in [0.25, 0.3) is 0 Å². The Kier molecular flexibility index (Phi) is 2.16. The van der Waals surface area contributed by atoms with Gasteiger partial charge in [-0.15, -0.1) is 12.6 Å². The van der Waals surface area contributed by atoms with Crippen LogP contribution in [0.15, 0.2) is 28.7 Å². The molecule has 0 unspecified atom stereocenters. The Bertz CT molecular complexity index is 517. The average molecular weight is 219 g/mol. The summed E-state index contributed by atoms with van der Waals surface area (Å²) in [7, 11) is 0.